The first-order valence-corrected chi connectivity index (χ1v) is 6.70. The number of benzene rings is 1. The van der Waals surface area contributed by atoms with Crippen LogP contribution in [0.1, 0.15) is 43.0 Å². The van der Waals surface area contributed by atoms with E-state index >= 15 is 0 Å². The van der Waals surface area contributed by atoms with E-state index in [1.807, 2.05) is 0 Å². The van der Waals surface area contributed by atoms with Gasteiger partial charge in [0.05, 0.1) is 5.56 Å². The van der Waals surface area contributed by atoms with E-state index in [1.54, 1.807) is 18.2 Å². The molecule has 1 aliphatic rings. The molecule has 1 heterocycles. The molecule has 1 saturated heterocycles. The Labute approximate surface area is 108 Å². The summed E-state index contributed by atoms with van der Waals surface area (Å²) in [6.07, 6.45) is 3.43. The monoisotopic (exact) mass is 249 g/mol. The van der Waals surface area contributed by atoms with E-state index in [0.29, 0.717) is 0 Å². The van der Waals surface area contributed by atoms with Gasteiger partial charge in [-0.25, -0.2) is 4.39 Å². The highest BCUT2D eigenvalue weighted by Gasteiger charge is 2.39. The lowest BCUT2D eigenvalue weighted by molar-refractivity contribution is 0.0699. The van der Waals surface area contributed by atoms with Gasteiger partial charge in [0.1, 0.15) is 5.82 Å². The SMILES string of the molecule is CCCC1(C(=O)c2ccccc2F)CCNCC1. The van der Waals surface area contributed by atoms with Crippen LogP contribution < -0.4 is 5.32 Å². The minimum atomic E-state index is -0.392. The van der Waals surface area contributed by atoms with Gasteiger partial charge in [0.25, 0.3) is 0 Å². The highest BCUT2D eigenvalue weighted by atomic mass is 19.1. The van der Waals surface area contributed by atoms with Crippen molar-refractivity contribution in [1.82, 2.24) is 5.32 Å². The molecule has 3 heteroatoms. The van der Waals surface area contributed by atoms with Crippen molar-refractivity contribution in [3.05, 3.63) is 35.6 Å². The van der Waals surface area contributed by atoms with Crippen LogP contribution in [-0.4, -0.2) is 18.9 Å². The molecule has 0 amide bonds. The molecule has 1 aromatic rings. The van der Waals surface area contributed by atoms with E-state index in [0.717, 1.165) is 38.8 Å². The number of ketones is 1. The Morgan fingerprint density at radius 2 is 2.00 bits per heavy atom. The van der Waals surface area contributed by atoms with Crippen molar-refractivity contribution in [2.75, 3.05) is 13.1 Å². The summed E-state index contributed by atoms with van der Waals surface area (Å²) in [6.45, 7) is 3.78. The zero-order valence-corrected chi connectivity index (χ0v) is 10.8. The molecule has 0 atom stereocenters. The molecule has 18 heavy (non-hydrogen) atoms. The second-order valence-electron chi connectivity index (χ2n) is 5.09. The van der Waals surface area contributed by atoms with E-state index in [9.17, 15) is 9.18 Å². The van der Waals surface area contributed by atoms with Crippen LogP contribution in [0, 0.1) is 11.2 Å². The molecule has 0 aliphatic carbocycles. The summed E-state index contributed by atoms with van der Waals surface area (Å²) >= 11 is 0. The Kier molecular flexibility index (Phi) is 4.12. The number of piperidine rings is 1. The Morgan fingerprint density at radius 1 is 1.33 bits per heavy atom. The van der Waals surface area contributed by atoms with Crippen LogP contribution in [0.2, 0.25) is 0 Å². The van der Waals surface area contributed by atoms with E-state index < -0.39 is 5.82 Å². The van der Waals surface area contributed by atoms with Gasteiger partial charge in [-0.3, -0.25) is 4.79 Å². The number of Topliss-reactive ketones (excluding diaryl/α,β-unsaturated/α-hetero) is 1. The molecule has 0 radical (unpaired) electrons. The van der Waals surface area contributed by atoms with Gasteiger partial charge < -0.3 is 5.32 Å². The van der Waals surface area contributed by atoms with Gasteiger partial charge in [0.2, 0.25) is 0 Å². The minimum absolute atomic E-state index is 0.0102. The Morgan fingerprint density at radius 3 is 2.61 bits per heavy atom. The lowest BCUT2D eigenvalue weighted by Crippen LogP contribution is -2.42. The number of carbonyl (C=O) groups excluding carboxylic acids is 1. The second-order valence-corrected chi connectivity index (χ2v) is 5.09. The number of rotatable bonds is 4. The molecule has 2 nitrogen and oxygen atoms in total. The van der Waals surface area contributed by atoms with Crippen molar-refractivity contribution in [3.8, 4) is 0 Å². The van der Waals surface area contributed by atoms with Crippen molar-refractivity contribution in [2.24, 2.45) is 5.41 Å². The average Bonchev–Trinajstić information content (AvgIpc) is 2.40. The summed E-state index contributed by atoms with van der Waals surface area (Å²) in [5.74, 6) is -0.402. The summed E-state index contributed by atoms with van der Waals surface area (Å²) in [7, 11) is 0. The lowest BCUT2D eigenvalue weighted by Gasteiger charge is -2.36. The molecule has 0 bridgehead atoms. The van der Waals surface area contributed by atoms with Crippen LogP contribution in [0.25, 0.3) is 0 Å². The fourth-order valence-corrected chi connectivity index (χ4v) is 2.91. The number of hydrogen-bond donors (Lipinski definition) is 1. The van der Waals surface area contributed by atoms with Gasteiger partial charge >= 0.3 is 0 Å². The summed E-state index contributed by atoms with van der Waals surface area (Å²) < 4.78 is 13.8. The zero-order chi connectivity index (χ0) is 13.0. The first-order valence-electron chi connectivity index (χ1n) is 6.70. The predicted molar refractivity (Wildman–Crippen MR) is 70.2 cm³/mol. The van der Waals surface area contributed by atoms with Gasteiger partial charge in [-0.15, -0.1) is 0 Å². The first kappa shape index (κ1) is 13.2. The second kappa shape index (κ2) is 5.61. The quantitative estimate of drug-likeness (QED) is 0.830. The summed E-state index contributed by atoms with van der Waals surface area (Å²) in [5, 5.41) is 3.27. The largest absolute Gasteiger partial charge is 0.317 e. The summed E-state index contributed by atoms with van der Waals surface area (Å²) in [4.78, 5) is 12.7. The maximum Gasteiger partial charge on any atom is 0.172 e. The van der Waals surface area contributed by atoms with Gasteiger partial charge in [-0.1, -0.05) is 25.5 Å². The molecule has 1 N–H and O–H groups in total. The van der Waals surface area contributed by atoms with Crippen molar-refractivity contribution in [1.29, 1.82) is 0 Å². The topological polar surface area (TPSA) is 29.1 Å². The molecule has 0 aromatic heterocycles. The molecule has 1 aromatic carbocycles. The van der Waals surface area contributed by atoms with Crippen LogP contribution >= 0.6 is 0 Å². The van der Waals surface area contributed by atoms with Crippen molar-refractivity contribution in [3.63, 3.8) is 0 Å². The van der Waals surface area contributed by atoms with Gasteiger partial charge in [-0.05, 0) is 44.5 Å². The van der Waals surface area contributed by atoms with Crippen LogP contribution in [-0.2, 0) is 0 Å². The molecule has 1 fully saturated rings. The zero-order valence-electron chi connectivity index (χ0n) is 10.8. The fourth-order valence-electron chi connectivity index (χ4n) is 2.91. The standard InChI is InChI=1S/C15H20FNO/c1-2-7-15(8-10-17-11-9-15)14(18)12-5-3-4-6-13(12)16/h3-6,17H,2,7-11H2,1H3. The smallest absolute Gasteiger partial charge is 0.172 e. The molecular weight excluding hydrogens is 229 g/mol. The molecule has 0 saturated carbocycles. The number of nitrogens with one attached hydrogen (secondary N) is 1. The summed E-state index contributed by atoms with van der Waals surface area (Å²) in [6, 6.07) is 6.34. The fraction of sp³-hybridized carbons (Fsp3) is 0.533. The van der Waals surface area contributed by atoms with E-state index in [-0.39, 0.29) is 16.8 Å². The molecular formula is C15H20FNO. The first-order chi connectivity index (χ1) is 8.69. The Balaban J connectivity index is 2.31. The van der Waals surface area contributed by atoms with Crippen molar-refractivity contribution < 1.29 is 9.18 Å². The third kappa shape index (κ3) is 2.46. The molecule has 0 spiro atoms. The van der Waals surface area contributed by atoms with E-state index in [1.165, 1.54) is 6.07 Å². The van der Waals surface area contributed by atoms with E-state index in [2.05, 4.69) is 12.2 Å². The lowest BCUT2D eigenvalue weighted by atomic mass is 9.70. The average molecular weight is 249 g/mol. The highest BCUT2D eigenvalue weighted by molar-refractivity contribution is 6.00. The van der Waals surface area contributed by atoms with Crippen LogP contribution in [0.3, 0.4) is 0 Å². The van der Waals surface area contributed by atoms with Crippen LogP contribution in [0.4, 0.5) is 4.39 Å². The van der Waals surface area contributed by atoms with Gasteiger partial charge in [0.15, 0.2) is 5.78 Å². The van der Waals surface area contributed by atoms with Gasteiger partial charge in [-0.2, -0.15) is 0 Å². The molecule has 1 aliphatic heterocycles. The third-order valence-electron chi connectivity index (χ3n) is 3.89. The third-order valence-corrected chi connectivity index (χ3v) is 3.89. The highest BCUT2D eigenvalue weighted by Crippen LogP contribution is 2.37. The maximum absolute atomic E-state index is 13.8. The summed E-state index contributed by atoms with van der Waals surface area (Å²) in [5.41, 5.74) is -0.102. The number of halogens is 1. The van der Waals surface area contributed by atoms with Crippen LogP contribution in [0.15, 0.2) is 24.3 Å². The number of hydrogen-bond acceptors (Lipinski definition) is 2. The van der Waals surface area contributed by atoms with Gasteiger partial charge in [0, 0.05) is 5.41 Å². The molecule has 98 valence electrons. The molecule has 0 unspecified atom stereocenters. The Hall–Kier alpha value is -1.22. The Bertz CT molecular complexity index is 419. The maximum atomic E-state index is 13.8. The van der Waals surface area contributed by atoms with Crippen LogP contribution in [0.5, 0.6) is 0 Å². The number of carbonyl (C=O) groups is 1. The van der Waals surface area contributed by atoms with Crippen molar-refractivity contribution in [2.45, 2.75) is 32.6 Å². The van der Waals surface area contributed by atoms with E-state index in [4.69, 9.17) is 0 Å². The molecule has 2 rings (SSSR count). The minimum Gasteiger partial charge on any atom is -0.317 e. The van der Waals surface area contributed by atoms with Crippen molar-refractivity contribution >= 4 is 5.78 Å². The predicted octanol–water partition coefficient (Wildman–Crippen LogP) is 3.18. The normalized spacial score (nSPS) is 18.6.